The summed E-state index contributed by atoms with van der Waals surface area (Å²) in [6.45, 7) is 2.50. The average Bonchev–Trinajstić information content (AvgIpc) is 2.44. The van der Waals surface area contributed by atoms with Crippen LogP contribution in [0.25, 0.3) is 0 Å². The number of halogens is 2. The fraction of sp³-hybridized carbons (Fsp3) is 0.188. The minimum absolute atomic E-state index is 0.0103. The monoisotopic (exact) mass is 290 g/mol. The summed E-state index contributed by atoms with van der Waals surface area (Å²) < 4.78 is 26.4. The second kappa shape index (κ2) is 6.35. The standard InChI is InChI=1S/C16H16F2N2O/c1-2-20(10-11-5-3-4-6-15(11)19)16(21)12-7-13(17)9-14(18)8-12/h3-9H,2,10,19H2,1H3. The van der Waals surface area contributed by atoms with Crippen LogP contribution < -0.4 is 5.73 Å². The Hall–Kier alpha value is -2.43. The lowest BCUT2D eigenvalue weighted by Crippen LogP contribution is -2.30. The van der Waals surface area contributed by atoms with E-state index in [1.54, 1.807) is 19.1 Å². The van der Waals surface area contributed by atoms with Gasteiger partial charge in [0, 0.05) is 30.4 Å². The van der Waals surface area contributed by atoms with E-state index in [4.69, 9.17) is 5.73 Å². The maximum Gasteiger partial charge on any atom is 0.254 e. The van der Waals surface area contributed by atoms with Gasteiger partial charge in [0.1, 0.15) is 11.6 Å². The highest BCUT2D eigenvalue weighted by molar-refractivity contribution is 5.94. The number of para-hydroxylation sites is 1. The number of hydrogen-bond acceptors (Lipinski definition) is 2. The minimum Gasteiger partial charge on any atom is -0.398 e. The molecule has 0 aliphatic rings. The van der Waals surface area contributed by atoms with E-state index in [2.05, 4.69) is 0 Å². The molecule has 0 bridgehead atoms. The Labute approximate surface area is 122 Å². The Morgan fingerprint density at radius 2 is 1.76 bits per heavy atom. The molecule has 5 heteroatoms. The first-order valence-electron chi connectivity index (χ1n) is 6.60. The molecule has 0 aliphatic heterocycles. The number of nitrogens with two attached hydrogens (primary N) is 1. The predicted octanol–water partition coefficient (Wildman–Crippen LogP) is 3.21. The molecule has 0 fully saturated rings. The molecule has 0 saturated heterocycles. The van der Waals surface area contributed by atoms with Crippen molar-refractivity contribution < 1.29 is 13.6 Å². The first kappa shape index (κ1) is 15.0. The highest BCUT2D eigenvalue weighted by Gasteiger charge is 2.17. The zero-order chi connectivity index (χ0) is 15.4. The summed E-state index contributed by atoms with van der Waals surface area (Å²) in [5.41, 5.74) is 7.22. The molecule has 0 aliphatic carbocycles. The molecular weight excluding hydrogens is 274 g/mol. The van der Waals surface area contributed by atoms with Crippen molar-refractivity contribution in [2.45, 2.75) is 13.5 Å². The number of carbonyl (C=O) groups is 1. The quantitative estimate of drug-likeness (QED) is 0.879. The SMILES string of the molecule is CCN(Cc1ccccc1N)C(=O)c1cc(F)cc(F)c1. The van der Waals surface area contributed by atoms with E-state index < -0.39 is 17.5 Å². The van der Waals surface area contributed by atoms with E-state index in [0.29, 0.717) is 18.8 Å². The molecule has 0 atom stereocenters. The summed E-state index contributed by atoms with van der Waals surface area (Å²) in [4.78, 5) is 13.8. The minimum atomic E-state index is -0.770. The molecule has 2 rings (SSSR count). The molecular formula is C16H16F2N2O. The number of nitrogen functional groups attached to an aromatic ring is 1. The van der Waals surface area contributed by atoms with Crippen LogP contribution in [-0.2, 0) is 6.54 Å². The van der Waals surface area contributed by atoms with E-state index in [9.17, 15) is 13.6 Å². The Morgan fingerprint density at radius 1 is 1.14 bits per heavy atom. The van der Waals surface area contributed by atoms with Crippen molar-refractivity contribution in [1.82, 2.24) is 4.90 Å². The highest BCUT2D eigenvalue weighted by Crippen LogP contribution is 2.16. The Morgan fingerprint density at radius 3 is 2.33 bits per heavy atom. The Bertz CT molecular complexity index is 638. The predicted molar refractivity (Wildman–Crippen MR) is 77.6 cm³/mol. The highest BCUT2D eigenvalue weighted by atomic mass is 19.1. The van der Waals surface area contributed by atoms with E-state index in [-0.39, 0.29) is 5.56 Å². The number of carbonyl (C=O) groups excluding carboxylic acids is 1. The van der Waals surface area contributed by atoms with Crippen LogP contribution in [0.15, 0.2) is 42.5 Å². The fourth-order valence-electron chi connectivity index (χ4n) is 2.07. The Kier molecular flexibility index (Phi) is 4.52. The normalized spacial score (nSPS) is 10.4. The molecule has 110 valence electrons. The third-order valence-corrected chi connectivity index (χ3v) is 3.19. The van der Waals surface area contributed by atoms with Crippen molar-refractivity contribution in [3.8, 4) is 0 Å². The van der Waals surface area contributed by atoms with Gasteiger partial charge in [0.15, 0.2) is 0 Å². The van der Waals surface area contributed by atoms with Crippen LogP contribution in [0.1, 0.15) is 22.8 Å². The van der Waals surface area contributed by atoms with Crippen molar-refractivity contribution in [1.29, 1.82) is 0 Å². The summed E-state index contributed by atoms with van der Waals surface area (Å²) in [5.74, 6) is -1.97. The van der Waals surface area contributed by atoms with Crippen LogP contribution in [-0.4, -0.2) is 17.4 Å². The molecule has 2 N–H and O–H groups in total. The van der Waals surface area contributed by atoms with Gasteiger partial charge in [0.05, 0.1) is 0 Å². The van der Waals surface area contributed by atoms with Gasteiger partial charge < -0.3 is 10.6 Å². The summed E-state index contributed by atoms with van der Waals surface area (Å²) in [6.07, 6.45) is 0. The number of benzene rings is 2. The summed E-state index contributed by atoms with van der Waals surface area (Å²) in [5, 5.41) is 0. The number of hydrogen-bond donors (Lipinski definition) is 1. The van der Waals surface area contributed by atoms with Crippen molar-refractivity contribution in [3.63, 3.8) is 0 Å². The van der Waals surface area contributed by atoms with Crippen LogP contribution in [0.3, 0.4) is 0 Å². The van der Waals surface area contributed by atoms with Gasteiger partial charge in [-0.3, -0.25) is 4.79 Å². The zero-order valence-electron chi connectivity index (χ0n) is 11.6. The van der Waals surface area contributed by atoms with Crippen molar-refractivity contribution in [3.05, 3.63) is 65.2 Å². The van der Waals surface area contributed by atoms with E-state index in [0.717, 1.165) is 23.8 Å². The molecule has 21 heavy (non-hydrogen) atoms. The van der Waals surface area contributed by atoms with Gasteiger partial charge in [-0.1, -0.05) is 18.2 Å². The molecule has 0 spiro atoms. The largest absolute Gasteiger partial charge is 0.398 e. The molecule has 0 unspecified atom stereocenters. The molecule has 1 amide bonds. The number of rotatable bonds is 4. The first-order valence-corrected chi connectivity index (χ1v) is 6.60. The van der Waals surface area contributed by atoms with E-state index >= 15 is 0 Å². The van der Waals surface area contributed by atoms with Gasteiger partial charge in [-0.25, -0.2) is 8.78 Å². The summed E-state index contributed by atoms with van der Waals surface area (Å²) >= 11 is 0. The topological polar surface area (TPSA) is 46.3 Å². The van der Waals surface area contributed by atoms with Crippen molar-refractivity contribution >= 4 is 11.6 Å². The smallest absolute Gasteiger partial charge is 0.254 e. The molecule has 0 aromatic heterocycles. The fourth-order valence-corrected chi connectivity index (χ4v) is 2.07. The third kappa shape index (κ3) is 3.56. The molecule has 3 nitrogen and oxygen atoms in total. The number of nitrogens with zero attached hydrogens (tertiary/aromatic N) is 1. The van der Waals surface area contributed by atoms with Gasteiger partial charge >= 0.3 is 0 Å². The number of amides is 1. The molecule has 2 aromatic rings. The lowest BCUT2D eigenvalue weighted by atomic mass is 10.1. The van der Waals surface area contributed by atoms with Gasteiger partial charge in [0.2, 0.25) is 0 Å². The summed E-state index contributed by atoms with van der Waals surface area (Å²) in [6, 6.07) is 9.99. The van der Waals surface area contributed by atoms with Gasteiger partial charge in [-0.2, -0.15) is 0 Å². The molecule has 0 saturated carbocycles. The zero-order valence-corrected chi connectivity index (χ0v) is 11.6. The van der Waals surface area contributed by atoms with Crippen LogP contribution in [0.4, 0.5) is 14.5 Å². The molecule has 0 radical (unpaired) electrons. The van der Waals surface area contributed by atoms with Crippen LogP contribution in [0.5, 0.6) is 0 Å². The van der Waals surface area contributed by atoms with Crippen LogP contribution in [0, 0.1) is 11.6 Å². The second-order valence-corrected chi connectivity index (χ2v) is 4.68. The van der Waals surface area contributed by atoms with Gasteiger partial charge in [0.25, 0.3) is 5.91 Å². The van der Waals surface area contributed by atoms with Gasteiger partial charge in [-0.15, -0.1) is 0 Å². The third-order valence-electron chi connectivity index (χ3n) is 3.19. The van der Waals surface area contributed by atoms with E-state index in [1.165, 1.54) is 4.90 Å². The van der Waals surface area contributed by atoms with Crippen LogP contribution in [0.2, 0.25) is 0 Å². The lowest BCUT2D eigenvalue weighted by molar-refractivity contribution is 0.0752. The lowest BCUT2D eigenvalue weighted by Gasteiger charge is -2.22. The maximum atomic E-state index is 13.2. The Balaban J connectivity index is 2.24. The van der Waals surface area contributed by atoms with Crippen LogP contribution >= 0.6 is 0 Å². The summed E-state index contributed by atoms with van der Waals surface area (Å²) in [7, 11) is 0. The van der Waals surface area contributed by atoms with Crippen molar-refractivity contribution in [2.24, 2.45) is 0 Å². The average molecular weight is 290 g/mol. The second-order valence-electron chi connectivity index (χ2n) is 4.68. The molecule has 0 heterocycles. The van der Waals surface area contributed by atoms with Crippen molar-refractivity contribution in [2.75, 3.05) is 12.3 Å². The molecule has 2 aromatic carbocycles. The number of anilines is 1. The maximum absolute atomic E-state index is 13.2. The first-order chi connectivity index (χ1) is 10.0. The van der Waals surface area contributed by atoms with E-state index in [1.807, 2.05) is 12.1 Å². The van der Waals surface area contributed by atoms with Gasteiger partial charge in [-0.05, 0) is 30.7 Å².